The standard InChI is InChI=1S/C11H9Br2NO4/c1-17-9-3-8(6(12)2-7(9)13)14-4-10(15)18-11(16)5-14/h2-3H,4-5H2,1H3. The third-order valence-electron chi connectivity index (χ3n) is 2.43. The summed E-state index contributed by atoms with van der Waals surface area (Å²) in [4.78, 5) is 24.1. The topological polar surface area (TPSA) is 55.8 Å². The first-order chi connectivity index (χ1) is 8.51. The molecule has 0 unspecified atom stereocenters. The molecule has 0 bridgehead atoms. The molecule has 0 atom stereocenters. The number of benzene rings is 1. The van der Waals surface area contributed by atoms with Gasteiger partial charge in [0, 0.05) is 10.5 Å². The van der Waals surface area contributed by atoms with E-state index in [2.05, 4.69) is 36.6 Å². The number of rotatable bonds is 2. The highest BCUT2D eigenvalue weighted by Crippen LogP contribution is 2.36. The zero-order valence-corrected chi connectivity index (χ0v) is 12.6. The van der Waals surface area contributed by atoms with Gasteiger partial charge in [0.05, 0.1) is 17.3 Å². The zero-order chi connectivity index (χ0) is 13.3. The average molecular weight is 379 g/mol. The minimum atomic E-state index is -0.556. The lowest BCUT2D eigenvalue weighted by atomic mass is 10.2. The second kappa shape index (κ2) is 5.27. The quantitative estimate of drug-likeness (QED) is 0.582. The first-order valence-corrected chi connectivity index (χ1v) is 6.61. The highest BCUT2D eigenvalue weighted by atomic mass is 79.9. The molecule has 1 saturated heterocycles. The summed E-state index contributed by atoms with van der Waals surface area (Å²) >= 11 is 6.75. The third kappa shape index (κ3) is 2.67. The van der Waals surface area contributed by atoms with Crippen LogP contribution >= 0.6 is 31.9 Å². The Kier molecular flexibility index (Phi) is 3.91. The molecule has 1 aromatic carbocycles. The third-order valence-corrected chi connectivity index (χ3v) is 3.68. The molecule has 0 N–H and O–H groups in total. The molecular weight excluding hydrogens is 370 g/mol. The van der Waals surface area contributed by atoms with Crippen molar-refractivity contribution >= 4 is 49.5 Å². The largest absolute Gasteiger partial charge is 0.495 e. The molecule has 0 spiro atoms. The van der Waals surface area contributed by atoms with Crippen LogP contribution in [0.4, 0.5) is 5.69 Å². The fourth-order valence-corrected chi connectivity index (χ4v) is 3.05. The highest BCUT2D eigenvalue weighted by molar-refractivity contribution is 9.11. The van der Waals surface area contributed by atoms with Gasteiger partial charge in [-0.15, -0.1) is 0 Å². The molecule has 0 amide bonds. The molecule has 1 fully saturated rings. The minimum absolute atomic E-state index is 0.0368. The molecule has 2 rings (SSSR count). The number of halogens is 2. The molecule has 0 saturated carbocycles. The van der Waals surface area contributed by atoms with Gasteiger partial charge < -0.3 is 14.4 Å². The van der Waals surface area contributed by atoms with E-state index < -0.39 is 11.9 Å². The zero-order valence-electron chi connectivity index (χ0n) is 9.41. The molecule has 1 heterocycles. The van der Waals surface area contributed by atoms with Crippen molar-refractivity contribution in [2.45, 2.75) is 0 Å². The van der Waals surface area contributed by atoms with Crippen LogP contribution in [0.25, 0.3) is 0 Å². The molecule has 1 aliphatic rings. The van der Waals surface area contributed by atoms with Crippen LogP contribution < -0.4 is 9.64 Å². The van der Waals surface area contributed by atoms with Crippen molar-refractivity contribution in [2.24, 2.45) is 0 Å². The van der Waals surface area contributed by atoms with Gasteiger partial charge in [0.1, 0.15) is 18.8 Å². The van der Waals surface area contributed by atoms with E-state index in [9.17, 15) is 9.59 Å². The molecule has 96 valence electrons. The first-order valence-electron chi connectivity index (χ1n) is 5.02. The van der Waals surface area contributed by atoms with Crippen molar-refractivity contribution in [1.29, 1.82) is 0 Å². The summed E-state index contributed by atoms with van der Waals surface area (Å²) in [6.45, 7) is 0.0737. The highest BCUT2D eigenvalue weighted by Gasteiger charge is 2.26. The number of anilines is 1. The lowest BCUT2D eigenvalue weighted by Gasteiger charge is -2.27. The summed E-state index contributed by atoms with van der Waals surface area (Å²) in [7, 11) is 1.55. The van der Waals surface area contributed by atoms with E-state index in [-0.39, 0.29) is 13.1 Å². The van der Waals surface area contributed by atoms with E-state index in [1.54, 1.807) is 24.1 Å². The van der Waals surface area contributed by atoms with E-state index in [1.165, 1.54) is 0 Å². The second-order valence-electron chi connectivity index (χ2n) is 3.64. The minimum Gasteiger partial charge on any atom is -0.495 e. The molecule has 5 nitrogen and oxygen atoms in total. The van der Waals surface area contributed by atoms with Gasteiger partial charge in [0.25, 0.3) is 0 Å². The van der Waals surface area contributed by atoms with Crippen LogP contribution in [-0.2, 0) is 14.3 Å². The summed E-state index contributed by atoms with van der Waals surface area (Å²) in [5.74, 6) is -0.486. The summed E-state index contributed by atoms with van der Waals surface area (Å²) < 4.78 is 11.2. The molecule has 0 aromatic heterocycles. The number of hydrogen-bond donors (Lipinski definition) is 0. The van der Waals surface area contributed by atoms with Crippen molar-refractivity contribution in [2.75, 3.05) is 25.1 Å². The fraction of sp³-hybridized carbons (Fsp3) is 0.273. The smallest absolute Gasteiger partial charge is 0.333 e. The molecule has 1 aliphatic heterocycles. The Bertz CT molecular complexity index is 502. The van der Waals surface area contributed by atoms with Gasteiger partial charge in [-0.1, -0.05) is 0 Å². The van der Waals surface area contributed by atoms with Crippen molar-refractivity contribution < 1.29 is 19.1 Å². The van der Waals surface area contributed by atoms with Gasteiger partial charge >= 0.3 is 11.9 Å². The summed E-state index contributed by atoms with van der Waals surface area (Å²) in [5.41, 5.74) is 0.708. The Hall–Kier alpha value is -1.08. The molecule has 7 heteroatoms. The number of morpholine rings is 1. The Morgan fingerprint density at radius 3 is 2.33 bits per heavy atom. The molecule has 0 radical (unpaired) electrons. The Morgan fingerprint density at radius 1 is 1.17 bits per heavy atom. The maximum atomic E-state index is 11.2. The van der Waals surface area contributed by atoms with Gasteiger partial charge in [-0.25, -0.2) is 9.59 Å². The van der Waals surface area contributed by atoms with Crippen LogP contribution in [0.5, 0.6) is 5.75 Å². The fourth-order valence-electron chi connectivity index (χ4n) is 1.65. The summed E-state index contributed by atoms with van der Waals surface area (Å²) in [5, 5.41) is 0. The van der Waals surface area contributed by atoms with E-state index in [4.69, 9.17) is 4.74 Å². The number of esters is 2. The monoisotopic (exact) mass is 377 g/mol. The van der Waals surface area contributed by atoms with Crippen molar-refractivity contribution in [3.8, 4) is 5.75 Å². The molecule has 18 heavy (non-hydrogen) atoms. The van der Waals surface area contributed by atoms with Crippen LogP contribution in [0.15, 0.2) is 21.1 Å². The van der Waals surface area contributed by atoms with Gasteiger partial charge in [-0.05, 0) is 37.9 Å². The predicted molar refractivity (Wildman–Crippen MR) is 71.7 cm³/mol. The first kappa shape index (κ1) is 13.4. The number of cyclic esters (lactones) is 2. The number of carbonyl (C=O) groups is 2. The summed E-state index contributed by atoms with van der Waals surface area (Å²) in [6, 6.07) is 3.55. The van der Waals surface area contributed by atoms with Crippen molar-refractivity contribution in [3.05, 3.63) is 21.1 Å². The lowest BCUT2D eigenvalue weighted by molar-refractivity contribution is -0.160. The van der Waals surface area contributed by atoms with Crippen molar-refractivity contribution in [1.82, 2.24) is 0 Å². The second-order valence-corrected chi connectivity index (χ2v) is 5.35. The molecule has 0 aliphatic carbocycles. The van der Waals surface area contributed by atoms with Crippen LogP contribution in [0.2, 0.25) is 0 Å². The maximum absolute atomic E-state index is 11.2. The van der Waals surface area contributed by atoms with Crippen LogP contribution in [0.3, 0.4) is 0 Å². The van der Waals surface area contributed by atoms with Gasteiger partial charge in [-0.3, -0.25) is 0 Å². The van der Waals surface area contributed by atoms with Crippen molar-refractivity contribution in [3.63, 3.8) is 0 Å². The predicted octanol–water partition coefficient (Wildman–Crippen LogP) is 2.11. The number of ether oxygens (including phenoxy) is 2. The number of carbonyl (C=O) groups excluding carboxylic acids is 2. The van der Waals surface area contributed by atoms with Gasteiger partial charge in [0.15, 0.2) is 0 Å². The van der Waals surface area contributed by atoms with E-state index in [0.29, 0.717) is 11.4 Å². The normalized spacial score (nSPS) is 15.6. The average Bonchev–Trinajstić information content (AvgIpc) is 2.27. The van der Waals surface area contributed by atoms with Crippen LogP contribution in [-0.4, -0.2) is 32.1 Å². The Morgan fingerprint density at radius 2 is 1.78 bits per heavy atom. The Labute approximate surface area is 120 Å². The number of nitrogens with zero attached hydrogens (tertiary/aromatic N) is 1. The SMILES string of the molecule is COc1cc(N2CC(=O)OC(=O)C2)c(Br)cc1Br. The van der Waals surface area contributed by atoms with Crippen LogP contribution in [0.1, 0.15) is 0 Å². The van der Waals surface area contributed by atoms with E-state index >= 15 is 0 Å². The van der Waals surface area contributed by atoms with E-state index in [0.717, 1.165) is 8.95 Å². The molecule has 1 aromatic rings. The maximum Gasteiger partial charge on any atom is 0.333 e. The van der Waals surface area contributed by atoms with Crippen LogP contribution in [0, 0.1) is 0 Å². The summed E-state index contributed by atoms with van der Waals surface area (Å²) in [6.07, 6.45) is 0. The molecular formula is C11H9Br2NO4. The number of hydrogen-bond acceptors (Lipinski definition) is 5. The number of methoxy groups -OCH3 is 1. The van der Waals surface area contributed by atoms with Gasteiger partial charge in [0.2, 0.25) is 0 Å². The van der Waals surface area contributed by atoms with E-state index in [1.807, 2.05) is 0 Å². The lowest BCUT2D eigenvalue weighted by Crippen LogP contribution is -2.43. The Balaban J connectivity index is 2.38. The van der Waals surface area contributed by atoms with Gasteiger partial charge in [-0.2, -0.15) is 0 Å².